The maximum atomic E-state index is 11.8. The Morgan fingerprint density at radius 2 is 2.00 bits per heavy atom. The van der Waals surface area contributed by atoms with Gasteiger partial charge in [-0.1, -0.05) is 0 Å². The summed E-state index contributed by atoms with van der Waals surface area (Å²) in [7, 11) is 1.56. The third-order valence-electron chi connectivity index (χ3n) is 1.54. The predicted octanol–water partition coefficient (Wildman–Crippen LogP) is 1.20. The van der Waals surface area contributed by atoms with Gasteiger partial charge in [-0.05, 0) is 13.3 Å². The number of rotatable bonds is 5. The van der Waals surface area contributed by atoms with E-state index < -0.39 is 12.3 Å². The van der Waals surface area contributed by atoms with E-state index in [1.807, 2.05) is 6.26 Å². The van der Waals surface area contributed by atoms with Gasteiger partial charge in [-0.25, -0.2) is 0 Å². The molecule has 2 nitrogen and oxygen atoms in total. The van der Waals surface area contributed by atoms with Gasteiger partial charge in [-0.15, -0.1) is 0 Å². The number of aliphatic hydroxyl groups excluding tert-OH is 1. The van der Waals surface area contributed by atoms with Gasteiger partial charge >= 0.3 is 6.18 Å². The molecule has 0 amide bonds. The van der Waals surface area contributed by atoms with Crippen molar-refractivity contribution in [3.05, 3.63) is 0 Å². The van der Waals surface area contributed by atoms with E-state index in [9.17, 15) is 13.2 Å². The minimum Gasteiger partial charge on any atom is -0.382 e. The van der Waals surface area contributed by atoms with E-state index in [-0.39, 0.29) is 6.54 Å². The molecule has 0 fully saturated rings. The number of alkyl halides is 3. The molecular weight excluding hydrogens is 203 g/mol. The first-order valence-electron chi connectivity index (χ1n) is 3.80. The van der Waals surface area contributed by atoms with Crippen molar-refractivity contribution in [3.63, 3.8) is 0 Å². The highest BCUT2D eigenvalue weighted by molar-refractivity contribution is 7.98. The topological polar surface area (TPSA) is 23.5 Å². The summed E-state index contributed by atoms with van der Waals surface area (Å²) in [6.07, 6.45) is -4.86. The van der Waals surface area contributed by atoms with Gasteiger partial charge in [0.05, 0.1) is 0 Å². The lowest BCUT2D eigenvalue weighted by molar-refractivity contribution is -0.207. The maximum Gasteiger partial charge on any atom is 0.415 e. The van der Waals surface area contributed by atoms with E-state index in [1.165, 1.54) is 4.90 Å². The fourth-order valence-electron chi connectivity index (χ4n) is 0.737. The molecule has 1 unspecified atom stereocenters. The minimum absolute atomic E-state index is 0.357. The fourth-order valence-corrected chi connectivity index (χ4v) is 1.23. The molecule has 6 heteroatoms. The van der Waals surface area contributed by atoms with Gasteiger partial charge < -0.3 is 10.0 Å². The Morgan fingerprint density at radius 1 is 1.46 bits per heavy atom. The molecule has 0 saturated carbocycles. The summed E-state index contributed by atoms with van der Waals surface area (Å²) >= 11 is 1.56. The maximum absolute atomic E-state index is 11.8. The Hall–Kier alpha value is 0.0600. The highest BCUT2D eigenvalue weighted by Crippen LogP contribution is 2.20. The number of hydrogen-bond donors (Lipinski definition) is 1. The average molecular weight is 217 g/mol. The lowest BCUT2D eigenvalue weighted by Crippen LogP contribution is -2.40. The first-order chi connectivity index (χ1) is 5.88. The Balaban J connectivity index is 3.71. The van der Waals surface area contributed by atoms with Crippen LogP contribution < -0.4 is 0 Å². The molecule has 1 N–H and O–H groups in total. The highest BCUT2D eigenvalue weighted by atomic mass is 32.2. The molecule has 0 aliphatic rings. The van der Waals surface area contributed by atoms with Crippen LogP contribution in [0.25, 0.3) is 0 Å². The molecule has 0 aromatic heterocycles. The number of likely N-dealkylation sites (N-methyl/N-ethyl adjacent to an activating group) is 1. The molecule has 0 spiro atoms. The smallest absolute Gasteiger partial charge is 0.382 e. The van der Waals surface area contributed by atoms with E-state index in [2.05, 4.69) is 0 Å². The van der Waals surface area contributed by atoms with Gasteiger partial charge in [0.25, 0.3) is 0 Å². The lowest BCUT2D eigenvalue weighted by Gasteiger charge is -2.21. The summed E-state index contributed by atoms with van der Waals surface area (Å²) in [5, 5.41) is 8.68. The second-order valence-electron chi connectivity index (χ2n) is 2.81. The van der Waals surface area contributed by atoms with Crippen LogP contribution in [-0.2, 0) is 0 Å². The number of hydrogen-bond acceptors (Lipinski definition) is 3. The van der Waals surface area contributed by atoms with Crippen molar-refractivity contribution in [2.45, 2.75) is 12.3 Å². The molecule has 1 atom stereocenters. The third-order valence-corrected chi connectivity index (χ3v) is 2.13. The van der Waals surface area contributed by atoms with Gasteiger partial charge in [0.2, 0.25) is 0 Å². The van der Waals surface area contributed by atoms with Crippen molar-refractivity contribution in [1.29, 1.82) is 0 Å². The van der Waals surface area contributed by atoms with Gasteiger partial charge in [0.1, 0.15) is 0 Å². The van der Waals surface area contributed by atoms with Crippen LogP contribution in [0.4, 0.5) is 13.2 Å². The van der Waals surface area contributed by atoms with Crippen molar-refractivity contribution < 1.29 is 18.3 Å². The molecule has 0 aromatic rings. The van der Waals surface area contributed by atoms with Crippen LogP contribution in [0.1, 0.15) is 0 Å². The van der Waals surface area contributed by atoms with E-state index in [1.54, 1.807) is 18.8 Å². The molecule has 0 aromatic carbocycles. The second kappa shape index (κ2) is 5.72. The third kappa shape index (κ3) is 6.17. The summed E-state index contributed by atoms with van der Waals surface area (Å²) in [4.78, 5) is 1.47. The Bertz CT molecular complexity index is 142. The Labute approximate surface area is 80.1 Å². The summed E-state index contributed by atoms with van der Waals surface area (Å²) in [5.41, 5.74) is 0. The van der Waals surface area contributed by atoms with Crippen molar-refractivity contribution in [3.8, 4) is 0 Å². The lowest BCUT2D eigenvalue weighted by atomic mass is 10.3. The predicted molar refractivity (Wildman–Crippen MR) is 47.9 cm³/mol. The van der Waals surface area contributed by atoms with Gasteiger partial charge in [-0.2, -0.15) is 24.9 Å². The number of aliphatic hydroxyl groups is 1. The zero-order valence-corrected chi connectivity index (χ0v) is 8.45. The SMILES string of the molecule is CSCCN(C)CC(O)C(F)(F)F. The molecule has 0 saturated heterocycles. The zero-order chi connectivity index (χ0) is 10.5. The number of halogens is 3. The fraction of sp³-hybridized carbons (Fsp3) is 1.00. The van der Waals surface area contributed by atoms with E-state index in [0.717, 1.165) is 5.75 Å². The van der Waals surface area contributed by atoms with Crippen LogP contribution in [0.2, 0.25) is 0 Å². The highest BCUT2D eigenvalue weighted by Gasteiger charge is 2.38. The van der Waals surface area contributed by atoms with Crippen molar-refractivity contribution in [2.75, 3.05) is 32.1 Å². The van der Waals surface area contributed by atoms with Crippen LogP contribution in [0.15, 0.2) is 0 Å². The quantitative estimate of drug-likeness (QED) is 0.748. The second-order valence-corrected chi connectivity index (χ2v) is 3.80. The van der Waals surface area contributed by atoms with Crippen LogP contribution in [0.3, 0.4) is 0 Å². The molecule has 0 heterocycles. The number of thioether (sulfide) groups is 1. The Morgan fingerprint density at radius 3 is 2.38 bits per heavy atom. The molecule has 0 bridgehead atoms. The van der Waals surface area contributed by atoms with E-state index in [0.29, 0.717) is 6.54 Å². The normalized spacial score (nSPS) is 15.0. The molecule has 0 aliphatic heterocycles. The standard InChI is InChI=1S/C7H14F3NOS/c1-11(3-4-13-2)5-6(12)7(8,9)10/h6,12H,3-5H2,1-2H3. The molecule has 0 rings (SSSR count). The number of nitrogens with zero attached hydrogens (tertiary/aromatic N) is 1. The van der Waals surface area contributed by atoms with Crippen molar-refractivity contribution >= 4 is 11.8 Å². The molecule has 0 aliphatic carbocycles. The van der Waals surface area contributed by atoms with Gasteiger partial charge in [-0.3, -0.25) is 0 Å². The average Bonchev–Trinajstić information content (AvgIpc) is 1.99. The van der Waals surface area contributed by atoms with Crippen molar-refractivity contribution in [2.24, 2.45) is 0 Å². The van der Waals surface area contributed by atoms with Gasteiger partial charge in [0.15, 0.2) is 6.10 Å². The zero-order valence-electron chi connectivity index (χ0n) is 7.64. The van der Waals surface area contributed by atoms with E-state index >= 15 is 0 Å². The largest absolute Gasteiger partial charge is 0.415 e. The van der Waals surface area contributed by atoms with E-state index in [4.69, 9.17) is 5.11 Å². The molecule has 0 radical (unpaired) electrons. The van der Waals surface area contributed by atoms with Crippen molar-refractivity contribution in [1.82, 2.24) is 4.90 Å². The Kier molecular flexibility index (Phi) is 5.75. The van der Waals surface area contributed by atoms with Crippen LogP contribution in [0.5, 0.6) is 0 Å². The van der Waals surface area contributed by atoms with Gasteiger partial charge in [0, 0.05) is 18.8 Å². The summed E-state index contributed by atoms with van der Waals surface area (Å²) in [6.45, 7) is 0.193. The first-order valence-corrected chi connectivity index (χ1v) is 5.19. The monoisotopic (exact) mass is 217 g/mol. The summed E-state index contributed by atoms with van der Waals surface area (Å²) in [6, 6.07) is 0. The minimum atomic E-state index is -4.51. The van der Waals surface area contributed by atoms with Crippen LogP contribution in [0, 0.1) is 0 Å². The molecule has 80 valence electrons. The summed E-state index contributed by atoms with van der Waals surface area (Å²) < 4.78 is 35.5. The molecular formula is C7H14F3NOS. The summed E-state index contributed by atoms with van der Waals surface area (Å²) in [5.74, 6) is 0.765. The van der Waals surface area contributed by atoms with Crippen LogP contribution in [-0.4, -0.2) is 54.4 Å². The molecule has 13 heavy (non-hydrogen) atoms. The first kappa shape index (κ1) is 13.1. The van der Waals surface area contributed by atoms with Crippen LogP contribution >= 0.6 is 11.8 Å².